The van der Waals surface area contributed by atoms with Crippen molar-refractivity contribution in [2.45, 2.75) is 13.8 Å². The number of nitrogens with zero attached hydrogens (tertiary/aromatic N) is 3. The topological polar surface area (TPSA) is 69.3 Å². The first-order valence-electron chi connectivity index (χ1n) is 4.81. The highest BCUT2D eigenvalue weighted by Crippen LogP contribution is 2.31. The zero-order chi connectivity index (χ0) is 11.3. The molecule has 0 atom stereocenters. The number of hydrogen-bond donors (Lipinski definition) is 1. The molecule has 3 rings (SSSR count). The highest BCUT2D eigenvalue weighted by atomic mass is 32.1. The third-order valence-electron chi connectivity index (χ3n) is 2.43. The Kier molecular flexibility index (Phi) is 1.81. The van der Waals surface area contributed by atoms with Crippen molar-refractivity contribution in [2.75, 3.05) is 5.73 Å². The molecule has 0 saturated carbocycles. The van der Waals surface area contributed by atoms with Crippen molar-refractivity contribution in [3.63, 3.8) is 0 Å². The number of aryl methyl sites for hydroxylation is 2. The van der Waals surface area contributed by atoms with E-state index < -0.39 is 0 Å². The number of hydrogen-bond acceptors (Lipinski definition) is 5. The maximum Gasteiger partial charge on any atom is 0.192 e. The molecule has 0 aliphatic carbocycles. The summed E-state index contributed by atoms with van der Waals surface area (Å²) in [5.41, 5.74) is 7.57. The normalized spacial score (nSPS) is 11.4. The summed E-state index contributed by atoms with van der Waals surface area (Å²) in [7, 11) is 0. The molecule has 0 saturated heterocycles. The van der Waals surface area contributed by atoms with Crippen LogP contribution in [0.1, 0.15) is 11.6 Å². The number of oxazole rings is 1. The Morgan fingerprint density at radius 1 is 1.44 bits per heavy atom. The minimum absolute atomic E-state index is 0.546. The second kappa shape index (κ2) is 3.08. The number of rotatable bonds is 1. The molecule has 0 amide bonds. The predicted octanol–water partition coefficient (Wildman–Crippen LogP) is 2.25. The molecule has 3 aromatic heterocycles. The number of anilines is 1. The average molecular weight is 234 g/mol. The lowest BCUT2D eigenvalue weighted by molar-refractivity contribution is 0.532. The quantitative estimate of drug-likeness (QED) is 0.701. The minimum atomic E-state index is 0.546. The second-order valence-corrected chi connectivity index (χ2v) is 4.43. The summed E-state index contributed by atoms with van der Waals surface area (Å²) in [6, 6.07) is 0. The second-order valence-electron chi connectivity index (χ2n) is 3.57. The van der Waals surface area contributed by atoms with Crippen molar-refractivity contribution < 1.29 is 4.42 Å². The molecular formula is C10H10N4OS. The van der Waals surface area contributed by atoms with E-state index in [9.17, 15) is 0 Å². The fraction of sp³-hybridized carbons (Fsp3) is 0.200. The first-order chi connectivity index (χ1) is 7.66. The van der Waals surface area contributed by atoms with E-state index in [1.54, 1.807) is 17.7 Å². The number of thiazole rings is 1. The number of imidazole rings is 1. The lowest BCUT2D eigenvalue weighted by atomic mass is 10.3. The van der Waals surface area contributed by atoms with Crippen molar-refractivity contribution >= 4 is 22.0 Å². The first kappa shape index (κ1) is 9.41. The summed E-state index contributed by atoms with van der Waals surface area (Å²) in [5, 5.41) is 2.00. The van der Waals surface area contributed by atoms with Crippen LogP contribution in [0.15, 0.2) is 16.1 Å². The molecular weight excluding hydrogens is 224 g/mol. The number of aromatic nitrogens is 3. The highest BCUT2D eigenvalue weighted by molar-refractivity contribution is 7.16. The molecule has 82 valence electrons. The Bertz CT molecular complexity index is 664. The summed E-state index contributed by atoms with van der Waals surface area (Å²) in [4.78, 5) is 9.25. The highest BCUT2D eigenvalue weighted by Gasteiger charge is 2.15. The molecule has 5 nitrogen and oxygen atoms in total. The Hall–Kier alpha value is -1.82. The van der Waals surface area contributed by atoms with E-state index in [0.29, 0.717) is 11.7 Å². The van der Waals surface area contributed by atoms with Gasteiger partial charge in [0.25, 0.3) is 0 Å². The van der Waals surface area contributed by atoms with Crippen LogP contribution < -0.4 is 5.73 Å². The zero-order valence-electron chi connectivity index (χ0n) is 8.89. The summed E-state index contributed by atoms with van der Waals surface area (Å²) < 4.78 is 7.51. The Morgan fingerprint density at radius 3 is 2.94 bits per heavy atom. The van der Waals surface area contributed by atoms with Crippen LogP contribution in [0, 0.1) is 13.8 Å². The van der Waals surface area contributed by atoms with E-state index in [1.807, 2.05) is 23.6 Å². The van der Waals surface area contributed by atoms with E-state index >= 15 is 0 Å². The molecule has 0 aliphatic rings. The van der Waals surface area contributed by atoms with Gasteiger partial charge in [-0.25, -0.2) is 9.97 Å². The van der Waals surface area contributed by atoms with Crippen LogP contribution in [0.2, 0.25) is 0 Å². The van der Waals surface area contributed by atoms with Gasteiger partial charge in [0.05, 0.1) is 5.69 Å². The third-order valence-corrected chi connectivity index (χ3v) is 3.40. The van der Waals surface area contributed by atoms with Gasteiger partial charge in [-0.3, -0.25) is 4.40 Å². The van der Waals surface area contributed by atoms with Gasteiger partial charge < -0.3 is 10.2 Å². The SMILES string of the molecule is Cc1nc(C)c(-c2csc3c(N)ncn23)o1. The molecule has 0 bridgehead atoms. The predicted molar refractivity (Wildman–Crippen MR) is 62.5 cm³/mol. The summed E-state index contributed by atoms with van der Waals surface area (Å²) >= 11 is 1.55. The van der Waals surface area contributed by atoms with Gasteiger partial charge in [0.2, 0.25) is 0 Å². The van der Waals surface area contributed by atoms with Gasteiger partial charge in [0.15, 0.2) is 17.5 Å². The monoisotopic (exact) mass is 234 g/mol. The number of nitrogens with two attached hydrogens (primary N) is 1. The molecule has 0 aromatic carbocycles. The van der Waals surface area contributed by atoms with Crippen LogP contribution in [0.3, 0.4) is 0 Å². The van der Waals surface area contributed by atoms with Crippen molar-refractivity contribution in [1.29, 1.82) is 0 Å². The van der Waals surface area contributed by atoms with Crippen LogP contribution >= 0.6 is 11.3 Å². The largest absolute Gasteiger partial charge is 0.439 e. The number of fused-ring (bicyclic) bond motifs is 1. The average Bonchev–Trinajstić information content (AvgIpc) is 2.85. The van der Waals surface area contributed by atoms with E-state index in [-0.39, 0.29) is 0 Å². The van der Waals surface area contributed by atoms with Crippen molar-refractivity contribution in [1.82, 2.24) is 14.4 Å². The lowest BCUT2D eigenvalue weighted by Crippen LogP contribution is -1.84. The smallest absolute Gasteiger partial charge is 0.192 e. The van der Waals surface area contributed by atoms with Crippen LogP contribution in [0.5, 0.6) is 0 Å². The molecule has 16 heavy (non-hydrogen) atoms. The van der Waals surface area contributed by atoms with Gasteiger partial charge in [-0.1, -0.05) is 0 Å². The Labute approximate surface area is 95.6 Å². The summed E-state index contributed by atoms with van der Waals surface area (Å²) in [5.74, 6) is 1.99. The molecule has 0 aliphatic heterocycles. The maximum atomic E-state index is 5.74. The summed E-state index contributed by atoms with van der Waals surface area (Å²) in [6.45, 7) is 3.76. The van der Waals surface area contributed by atoms with E-state index in [0.717, 1.165) is 22.0 Å². The van der Waals surface area contributed by atoms with Crippen LogP contribution in [-0.4, -0.2) is 14.4 Å². The molecule has 3 aromatic rings. The fourth-order valence-electron chi connectivity index (χ4n) is 1.74. The van der Waals surface area contributed by atoms with Gasteiger partial charge in [-0.15, -0.1) is 11.3 Å². The van der Waals surface area contributed by atoms with Gasteiger partial charge in [-0.05, 0) is 6.92 Å². The molecule has 0 radical (unpaired) electrons. The third kappa shape index (κ3) is 1.16. The molecule has 0 unspecified atom stereocenters. The molecule has 6 heteroatoms. The Morgan fingerprint density at radius 2 is 2.25 bits per heavy atom. The molecule has 0 spiro atoms. The molecule has 3 heterocycles. The van der Waals surface area contributed by atoms with Gasteiger partial charge >= 0.3 is 0 Å². The van der Waals surface area contributed by atoms with E-state index in [1.165, 1.54) is 0 Å². The molecule has 0 fully saturated rings. The van der Waals surface area contributed by atoms with E-state index in [4.69, 9.17) is 10.2 Å². The van der Waals surface area contributed by atoms with Crippen molar-refractivity contribution in [3.8, 4) is 11.5 Å². The molecule has 2 N–H and O–H groups in total. The fourth-order valence-corrected chi connectivity index (χ4v) is 2.62. The first-order valence-corrected chi connectivity index (χ1v) is 5.69. The van der Waals surface area contributed by atoms with Gasteiger partial charge in [0.1, 0.15) is 16.9 Å². The van der Waals surface area contributed by atoms with Crippen molar-refractivity contribution in [3.05, 3.63) is 23.3 Å². The van der Waals surface area contributed by atoms with Crippen LogP contribution in [-0.2, 0) is 0 Å². The minimum Gasteiger partial charge on any atom is -0.439 e. The number of nitrogen functional groups attached to an aromatic ring is 1. The lowest BCUT2D eigenvalue weighted by Gasteiger charge is -1.94. The maximum absolute atomic E-state index is 5.74. The van der Waals surface area contributed by atoms with Gasteiger partial charge in [0, 0.05) is 12.3 Å². The summed E-state index contributed by atoms with van der Waals surface area (Å²) in [6.07, 6.45) is 1.70. The Balaban J connectivity index is 2.30. The van der Waals surface area contributed by atoms with Gasteiger partial charge in [-0.2, -0.15) is 0 Å². The van der Waals surface area contributed by atoms with Crippen LogP contribution in [0.4, 0.5) is 5.82 Å². The van der Waals surface area contributed by atoms with E-state index in [2.05, 4.69) is 9.97 Å². The van der Waals surface area contributed by atoms with Crippen molar-refractivity contribution in [2.24, 2.45) is 0 Å². The zero-order valence-corrected chi connectivity index (χ0v) is 9.71. The standard InChI is InChI=1S/C10H10N4OS/c1-5-8(15-6(2)13-5)7-3-16-10-9(11)12-4-14(7)10/h3-4H,11H2,1-2H3. The van der Waals surface area contributed by atoms with Crippen LogP contribution in [0.25, 0.3) is 16.3 Å².